The molecule has 0 radical (unpaired) electrons. The molecule has 0 unspecified atom stereocenters. The molecule has 4 rings (SSSR count). The third-order valence-corrected chi connectivity index (χ3v) is 7.02. The normalized spacial score (nSPS) is 14.7. The van der Waals surface area contributed by atoms with E-state index >= 15 is 0 Å². The zero-order chi connectivity index (χ0) is 26.9. The van der Waals surface area contributed by atoms with E-state index < -0.39 is 11.6 Å². The summed E-state index contributed by atoms with van der Waals surface area (Å²) < 4.78 is 22.3. The van der Waals surface area contributed by atoms with Gasteiger partial charge in [-0.15, -0.1) is 0 Å². The molecule has 0 N–H and O–H groups in total. The number of hydrogen-bond donors (Lipinski definition) is 0. The van der Waals surface area contributed by atoms with Crippen molar-refractivity contribution >= 4 is 34.9 Å². The second-order valence-electron chi connectivity index (χ2n) is 9.38. The van der Waals surface area contributed by atoms with Crippen LogP contribution in [0.3, 0.4) is 0 Å². The van der Waals surface area contributed by atoms with Crippen molar-refractivity contribution in [3.8, 4) is 16.9 Å². The third-order valence-electron chi connectivity index (χ3n) is 6.55. The topological polar surface area (TPSA) is 58.1 Å². The van der Waals surface area contributed by atoms with Gasteiger partial charge in [-0.05, 0) is 56.5 Å². The van der Waals surface area contributed by atoms with E-state index in [0.29, 0.717) is 29.0 Å². The minimum Gasteiger partial charge on any atom is -0.493 e. The molecule has 0 atom stereocenters. The summed E-state index contributed by atoms with van der Waals surface area (Å²) in [6.45, 7) is 12.8. The van der Waals surface area contributed by atoms with Crippen LogP contribution in [-0.2, 0) is 11.8 Å². The molecule has 0 bridgehead atoms. The highest BCUT2D eigenvalue weighted by Gasteiger charge is 2.51. The Kier molecular flexibility index (Phi) is 7.19. The van der Waals surface area contributed by atoms with Crippen LogP contribution in [0.25, 0.3) is 16.0 Å². The maximum Gasteiger partial charge on any atom is 0.332 e. The number of ether oxygens (including phenoxy) is 1. The number of aryl methyl sites for hydroxylation is 1. The number of rotatable bonds is 7. The van der Waals surface area contributed by atoms with Gasteiger partial charge in [-0.1, -0.05) is 17.7 Å². The molecule has 2 heterocycles. The fourth-order valence-electron chi connectivity index (χ4n) is 4.33. The number of carbonyl (C=O) groups is 2. The maximum absolute atomic E-state index is 14.7. The van der Waals surface area contributed by atoms with E-state index in [4.69, 9.17) is 22.9 Å². The molecule has 3 aromatic rings. The fraction of sp³-hybridized carbons (Fsp3) is 0.286. The van der Waals surface area contributed by atoms with Crippen molar-refractivity contribution in [1.29, 1.82) is 0 Å². The quantitative estimate of drug-likeness (QED) is 0.170. The lowest BCUT2D eigenvalue weighted by Gasteiger charge is -2.27. The minimum atomic E-state index is -1.07. The van der Waals surface area contributed by atoms with Gasteiger partial charge >= 0.3 is 6.03 Å². The van der Waals surface area contributed by atoms with E-state index in [9.17, 15) is 14.0 Å². The summed E-state index contributed by atoms with van der Waals surface area (Å²) in [5.74, 6) is -0.375. The minimum absolute atomic E-state index is 0.220. The van der Waals surface area contributed by atoms with Crippen LogP contribution in [0.5, 0.6) is 5.75 Å². The number of carbonyl (C=O) groups excluding carboxylic acids is 2. The second-order valence-corrected chi connectivity index (χ2v) is 9.76. The first-order chi connectivity index (χ1) is 17.6. The van der Waals surface area contributed by atoms with Gasteiger partial charge in [0.15, 0.2) is 12.4 Å². The third kappa shape index (κ3) is 4.87. The van der Waals surface area contributed by atoms with Gasteiger partial charge in [-0.25, -0.2) is 23.5 Å². The molecule has 1 aliphatic heterocycles. The predicted molar refractivity (Wildman–Crippen MR) is 139 cm³/mol. The van der Waals surface area contributed by atoms with Gasteiger partial charge in [0.05, 0.1) is 23.9 Å². The van der Waals surface area contributed by atoms with Gasteiger partial charge in [-0.2, -0.15) is 0 Å². The van der Waals surface area contributed by atoms with E-state index in [2.05, 4.69) is 4.85 Å². The fourth-order valence-corrected chi connectivity index (χ4v) is 4.53. The smallest absolute Gasteiger partial charge is 0.332 e. The Balaban J connectivity index is 1.41. The molecule has 0 aliphatic carbocycles. The van der Waals surface area contributed by atoms with Crippen molar-refractivity contribution in [2.75, 3.05) is 18.1 Å². The first-order valence-electron chi connectivity index (χ1n) is 11.8. The number of amides is 3. The molecule has 1 saturated heterocycles. The summed E-state index contributed by atoms with van der Waals surface area (Å²) in [5.41, 5.74) is 1.30. The molecule has 190 valence electrons. The molecule has 1 fully saturated rings. The largest absolute Gasteiger partial charge is 0.493 e. The summed E-state index contributed by atoms with van der Waals surface area (Å²) in [6, 6.07) is 11.0. The summed E-state index contributed by atoms with van der Waals surface area (Å²) in [6.07, 6.45) is 4.14. The summed E-state index contributed by atoms with van der Waals surface area (Å²) >= 11 is 6.28. The van der Waals surface area contributed by atoms with E-state index in [0.717, 1.165) is 10.5 Å². The van der Waals surface area contributed by atoms with Crippen LogP contribution in [-0.4, -0.2) is 35.5 Å². The van der Waals surface area contributed by atoms with E-state index in [1.807, 2.05) is 36.1 Å². The van der Waals surface area contributed by atoms with Crippen molar-refractivity contribution in [3.63, 3.8) is 0 Å². The van der Waals surface area contributed by atoms with Crippen molar-refractivity contribution in [2.24, 2.45) is 7.05 Å². The zero-order valence-electron chi connectivity index (χ0n) is 21.1. The average molecular weight is 522 g/mol. The van der Waals surface area contributed by atoms with Crippen molar-refractivity contribution in [2.45, 2.75) is 32.7 Å². The number of halogens is 2. The molecule has 1 aromatic heterocycles. The Morgan fingerprint density at radius 1 is 1.14 bits per heavy atom. The Hall–Kier alpha value is -3.96. The Morgan fingerprint density at radius 3 is 2.49 bits per heavy atom. The molecule has 0 spiro atoms. The van der Waals surface area contributed by atoms with Crippen molar-refractivity contribution in [3.05, 3.63) is 82.7 Å². The van der Waals surface area contributed by atoms with Crippen LogP contribution in [0, 0.1) is 19.3 Å². The SMILES string of the molecule is [C-]#[N+]c1ccc(N2C(=O)N(CCCOc3ccc(-c4cc[n+](C)cc4)c(F)c3)C(C)(C)C2=O)c(C)c1Cl. The van der Waals surface area contributed by atoms with Gasteiger partial charge < -0.3 is 9.64 Å². The van der Waals surface area contributed by atoms with Crippen molar-refractivity contribution in [1.82, 2.24) is 4.90 Å². The molecular formula is C28H27ClFN4O3+. The maximum atomic E-state index is 14.7. The molecule has 37 heavy (non-hydrogen) atoms. The van der Waals surface area contributed by atoms with Crippen molar-refractivity contribution < 1.29 is 23.3 Å². The lowest BCUT2D eigenvalue weighted by molar-refractivity contribution is -0.671. The standard InChI is InChI=1S/C28H27ClFN4O3/c1-18-24(10-9-23(31-4)25(18)29)34-26(35)28(2,3)33(27(34)36)13-6-16-37-20-7-8-21(22(30)17-20)19-11-14-32(5)15-12-19/h7-12,14-15,17H,6,13,16H2,1-3,5H3/q+1. The molecular weight excluding hydrogens is 495 g/mol. The molecule has 2 aromatic carbocycles. The molecule has 0 saturated carbocycles. The Labute approximate surface area is 220 Å². The number of anilines is 1. The molecule has 1 aliphatic rings. The highest BCUT2D eigenvalue weighted by Crippen LogP contribution is 2.39. The second kappa shape index (κ2) is 10.2. The van der Waals surface area contributed by atoms with Gasteiger partial charge in [0.2, 0.25) is 5.69 Å². The van der Waals surface area contributed by atoms with Gasteiger partial charge in [0.1, 0.15) is 24.2 Å². The van der Waals surface area contributed by atoms with Gasteiger partial charge in [0, 0.05) is 30.3 Å². The predicted octanol–water partition coefficient (Wildman–Crippen LogP) is 5.85. The molecule has 3 amide bonds. The number of nitrogens with zero attached hydrogens (tertiary/aromatic N) is 4. The highest BCUT2D eigenvalue weighted by atomic mass is 35.5. The van der Waals surface area contributed by atoms with Gasteiger partial charge in [-0.3, -0.25) is 4.79 Å². The number of imide groups is 1. The lowest BCUT2D eigenvalue weighted by atomic mass is 10.0. The number of hydrogen-bond acceptors (Lipinski definition) is 3. The lowest BCUT2D eigenvalue weighted by Crippen LogP contribution is -2.44. The highest BCUT2D eigenvalue weighted by molar-refractivity contribution is 6.35. The monoisotopic (exact) mass is 521 g/mol. The number of pyridine rings is 1. The first kappa shape index (κ1) is 26.1. The Morgan fingerprint density at radius 2 is 1.84 bits per heavy atom. The van der Waals surface area contributed by atoms with E-state index in [1.54, 1.807) is 39.0 Å². The first-order valence-corrected chi connectivity index (χ1v) is 12.1. The summed E-state index contributed by atoms with van der Waals surface area (Å²) in [5, 5.41) is 0.220. The Bertz CT molecular complexity index is 1420. The van der Waals surface area contributed by atoms with E-state index in [-0.39, 0.29) is 35.6 Å². The number of benzene rings is 2. The van der Waals surface area contributed by atoms with Gasteiger partial charge in [0.25, 0.3) is 5.91 Å². The van der Waals surface area contributed by atoms with E-state index in [1.165, 1.54) is 17.0 Å². The van der Waals surface area contributed by atoms with Crippen LogP contribution in [0.2, 0.25) is 5.02 Å². The molecule has 7 nitrogen and oxygen atoms in total. The zero-order valence-corrected chi connectivity index (χ0v) is 21.8. The molecule has 9 heteroatoms. The number of aromatic nitrogens is 1. The van der Waals surface area contributed by atoms with Crippen LogP contribution in [0.4, 0.5) is 20.6 Å². The average Bonchev–Trinajstić information content (AvgIpc) is 3.03. The van der Waals surface area contributed by atoms with Crippen LogP contribution in [0.15, 0.2) is 54.9 Å². The van der Waals surface area contributed by atoms with Crippen LogP contribution < -0.4 is 14.2 Å². The van der Waals surface area contributed by atoms with Crippen LogP contribution in [0.1, 0.15) is 25.8 Å². The summed E-state index contributed by atoms with van der Waals surface area (Å²) in [4.78, 5) is 32.5. The van der Waals surface area contributed by atoms with Crippen LogP contribution >= 0.6 is 11.6 Å². The number of urea groups is 1. The summed E-state index contributed by atoms with van der Waals surface area (Å²) in [7, 11) is 1.89.